The maximum atomic E-state index is 11.9. The number of carbonyl (C=O) groups is 1. The van der Waals surface area contributed by atoms with Crippen LogP contribution in [0.5, 0.6) is 0 Å². The molecule has 0 radical (unpaired) electrons. The molecule has 1 aliphatic rings. The van der Waals surface area contributed by atoms with E-state index in [9.17, 15) is 4.79 Å². The first-order chi connectivity index (χ1) is 8.16. The maximum Gasteiger partial charge on any atom is 0.285 e. The minimum absolute atomic E-state index is 0.203. The number of amidine groups is 1. The number of nitrogens with one attached hydrogen (secondary N) is 1. The molecule has 1 unspecified atom stereocenters. The van der Waals surface area contributed by atoms with Crippen molar-refractivity contribution < 1.29 is 4.79 Å². The maximum absolute atomic E-state index is 11.9. The zero-order valence-electron chi connectivity index (χ0n) is 9.80. The highest BCUT2D eigenvalue weighted by atomic mass is 32.1. The van der Waals surface area contributed by atoms with Crippen LogP contribution in [0.2, 0.25) is 0 Å². The van der Waals surface area contributed by atoms with Crippen molar-refractivity contribution >= 4 is 29.3 Å². The molecule has 0 aromatic carbocycles. The van der Waals surface area contributed by atoms with Gasteiger partial charge in [0.15, 0.2) is 5.01 Å². The molecule has 5 nitrogen and oxygen atoms in total. The number of aromatic nitrogens is 1. The summed E-state index contributed by atoms with van der Waals surface area (Å²) in [6.07, 6.45) is 5.29. The molecular weight excluding hydrogens is 236 g/mol. The van der Waals surface area contributed by atoms with Crippen LogP contribution in [0.25, 0.3) is 0 Å². The summed E-state index contributed by atoms with van der Waals surface area (Å²) in [5.74, 6) is 0.630. The van der Waals surface area contributed by atoms with E-state index >= 15 is 0 Å². The van der Waals surface area contributed by atoms with Gasteiger partial charge in [-0.25, -0.2) is 4.98 Å². The standard InChI is InChI=1S/C11H14N4OS/c1-7-4-3-5-13-15-9(7)14-10(16)11-12-6-8(2)17-11/h5-7H,3-4H2,1-2H3,(H,14,15,16). The Morgan fingerprint density at radius 2 is 2.41 bits per heavy atom. The summed E-state index contributed by atoms with van der Waals surface area (Å²) in [5.41, 5.74) is 0. The zero-order chi connectivity index (χ0) is 12.3. The fourth-order valence-corrected chi connectivity index (χ4v) is 2.16. The molecule has 2 heterocycles. The van der Waals surface area contributed by atoms with Crippen molar-refractivity contribution in [3.63, 3.8) is 0 Å². The van der Waals surface area contributed by atoms with E-state index in [1.165, 1.54) is 11.3 Å². The quantitative estimate of drug-likeness (QED) is 0.828. The van der Waals surface area contributed by atoms with Gasteiger partial charge >= 0.3 is 0 Å². The molecule has 0 fully saturated rings. The van der Waals surface area contributed by atoms with Crippen LogP contribution in [0.15, 0.2) is 16.4 Å². The molecule has 2 rings (SSSR count). The van der Waals surface area contributed by atoms with Gasteiger partial charge in [-0.2, -0.15) is 5.10 Å². The Balaban J connectivity index is 2.07. The van der Waals surface area contributed by atoms with Gasteiger partial charge in [0, 0.05) is 23.2 Å². The summed E-state index contributed by atoms with van der Waals surface area (Å²) in [4.78, 5) is 16.9. The average molecular weight is 250 g/mol. The molecule has 1 aliphatic heterocycles. The molecule has 0 aliphatic carbocycles. The lowest BCUT2D eigenvalue weighted by atomic mass is 10.1. The molecule has 90 valence electrons. The lowest BCUT2D eigenvalue weighted by Gasteiger charge is -2.11. The minimum Gasteiger partial charge on any atom is -0.306 e. The SMILES string of the molecule is Cc1cnc(C(=O)NC2=NN=CCCC2C)s1. The molecule has 6 heteroatoms. The van der Waals surface area contributed by atoms with E-state index in [2.05, 4.69) is 20.5 Å². The van der Waals surface area contributed by atoms with Crippen molar-refractivity contribution in [2.45, 2.75) is 26.7 Å². The molecular formula is C11H14N4OS. The Morgan fingerprint density at radius 1 is 1.59 bits per heavy atom. The molecule has 1 atom stereocenters. The van der Waals surface area contributed by atoms with Gasteiger partial charge in [0.2, 0.25) is 0 Å². The molecule has 17 heavy (non-hydrogen) atoms. The third-order valence-corrected chi connectivity index (χ3v) is 3.41. The van der Waals surface area contributed by atoms with Gasteiger partial charge in [-0.3, -0.25) is 4.79 Å². The zero-order valence-corrected chi connectivity index (χ0v) is 10.6. The van der Waals surface area contributed by atoms with Crippen LogP contribution >= 0.6 is 11.3 Å². The second kappa shape index (κ2) is 5.18. The first-order valence-corrected chi connectivity index (χ1v) is 6.31. The third-order valence-electron chi connectivity index (χ3n) is 2.50. The smallest absolute Gasteiger partial charge is 0.285 e. The highest BCUT2D eigenvalue weighted by Crippen LogP contribution is 2.13. The monoisotopic (exact) mass is 250 g/mol. The van der Waals surface area contributed by atoms with Crippen LogP contribution in [-0.4, -0.2) is 22.9 Å². The van der Waals surface area contributed by atoms with Crippen molar-refractivity contribution in [3.05, 3.63) is 16.1 Å². The third kappa shape index (κ3) is 2.97. The second-order valence-corrected chi connectivity index (χ2v) is 5.23. The molecule has 0 saturated carbocycles. The second-order valence-electron chi connectivity index (χ2n) is 3.99. The number of hydrogen-bond acceptors (Lipinski definition) is 5. The van der Waals surface area contributed by atoms with E-state index in [1.54, 1.807) is 12.4 Å². The molecule has 1 N–H and O–H groups in total. The summed E-state index contributed by atoms with van der Waals surface area (Å²) in [5, 5.41) is 11.1. The van der Waals surface area contributed by atoms with Crippen molar-refractivity contribution in [1.82, 2.24) is 10.3 Å². The first kappa shape index (κ1) is 11.9. The molecule has 1 aromatic rings. The highest BCUT2D eigenvalue weighted by Gasteiger charge is 2.18. The van der Waals surface area contributed by atoms with Crippen molar-refractivity contribution in [2.75, 3.05) is 0 Å². The summed E-state index contributed by atoms with van der Waals surface area (Å²) in [6.45, 7) is 3.95. The minimum atomic E-state index is -0.203. The Morgan fingerprint density at radius 3 is 3.12 bits per heavy atom. The molecule has 0 saturated heterocycles. The fourth-order valence-electron chi connectivity index (χ4n) is 1.50. The van der Waals surface area contributed by atoms with Gasteiger partial charge in [-0.1, -0.05) is 6.92 Å². The normalized spacial score (nSPS) is 19.6. The van der Waals surface area contributed by atoms with Crippen molar-refractivity contribution in [1.29, 1.82) is 0 Å². The van der Waals surface area contributed by atoms with E-state index in [1.807, 2.05) is 13.8 Å². The van der Waals surface area contributed by atoms with Gasteiger partial charge in [0.05, 0.1) is 0 Å². The lowest BCUT2D eigenvalue weighted by molar-refractivity contribution is 0.0975. The van der Waals surface area contributed by atoms with Gasteiger partial charge in [0.1, 0.15) is 5.84 Å². The van der Waals surface area contributed by atoms with E-state index in [4.69, 9.17) is 0 Å². The van der Waals surface area contributed by atoms with E-state index < -0.39 is 0 Å². The summed E-state index contributed by atoms with van der Waals surface area (Å²) in [6, 6.07) is 0. The number of carbonyl (C=O) groups excluding carboxylic acids is 1. The van der Waals surface area contributed by atoms with Crippen LogP contribution in [0.3, 0.4) is 0 Å². The largest absolute Gasteiger partial charge is 0.306 e. The molecule has 0 spiro atoms. The van der Waals surface area contributed by atoms with Crippen molar-refractivity contribution in [2.24, 2.45) is 16.1 Å². The van der Waals surface area contributed by atoms with Crippen LogP contribution < -0.4 is 5.32 Å². The van der Waals surface area contributed by atoms with Crippen LogP contribution in [0.4, 0.5) is 0 Å². The number of aryl methyl sites for hydroxylation is 1. The summed E-state index contributed by atoms with van der Waals surface area (Å²) >= 11 is 1.37. The first-order valence-electron chi connectivity index (χ1n) is 5.50. The van der Waals surface area contributed by atoms with Gasteiger partial charge in [-0.15, -0.1) is 16.4 Å². The Hall–Kier alpha value is -1.56. The summed E-state index contributed by atoms with van der Waals surface area (Å²) in [7, 11) is 0. The number of rotatable bonds is 1. The molecule has 1 aromatic heterocycles. The Kier molecular flexibility index (Phi) is 3.63. The topological polar surface area (TPSA) is 66.7 Å². The van der Waals surface area contributed by atoms with Gasteiger partial charge in [0.25, 0.3) is 5.91 Å². The number of nitrogens with zero attached hydrogens (tertiary/aromatic N) is 3. The highest BCUT2D eigenvalue weighted by molar-refractivity contribution is 7.13. The van der Waals surface area contributed by atoms with E-state index in [-0.39, 0.29) is 11.8 Å². The van der Waals surface area contributed by atoms with E-state index in [0.717, 1.165) is 17.7 Å². The lowest BCUT2D eigenvalue weighted by Crippen LogP contribution is -2.34. The summed E-state index contributed by atoms with van der Waals surface area (Å²) < 4.78 is 0. The predicted octanol–water partition coefficient (Wildman–Crippen LogP) is 2.00. The average Bonchev–Trinajstić information content (AvgIpc) is 2.63. The van der Waals surface area contributed by atoms with Crippen molar-refractivity contribution in [3.8, 4) is 0 Å². The fraction of sp³-hybridized carbons (Fsp3) is 0.455. The Labute approximate surface area is 104 Å². The van der Waals surface area contributed by atoms with Gasteiger partial charge < -0.3 is 5.32 Å². The van der Waals surface area contributed by atoms with Crippen LogP contribution in [0, 0.1) is 12.8 Å². The van der Waals surface area contributed by atoms with Crippen LogP contribution in [0.1, 0.15) is 34.4 Å². The molecule has 0 bridgehead atoms. The number of amides is 1. The van der Waals surface area contributed by atoms with Gasteiger partial charge in [-0.05, 0) is 19.8 Å². The predicted molar refractivity (Wildman–Crippen MR) is 68.6 cm³/mol. The van der Waals surface area contributed by atoms with Crippen LogP contribution in [-0.2, 0) is 0 Å². The van der Waals surface area contributed by atoms with E-state index in [0.29, 0.717) is 10.8 Å². The molecule has 1 amide bonds. The Bertz CT molecular complexity index is 478. The number of hydrogen-bond donors (Lipinski definition) is 1. The number of thiazole rings is 1.